The molecule has 1 aromatic heterocycles. The first kappa shape index (κ1) is 13.0. The van der Waals surface area contributed by atoms with Crippen molar-refractivity contribution >= 4 is 21.9 Å². The summed E-state index contributed by atoms with van der Waals surface area (Å²) in [7, 11) is 0. The molecule has 1 unspecified atom stereocenters. The van der Waals surface area contributed by atoms with E-state index in [0.717, 1.165) is 0 Å². The minimum atomic E-state index is -1.18. The van der Waals surface area contributed by atoms with Crippen LogP contribution in [0.3, 0.4) is 0 Å². The van der Waals surface area contributed by atoms with Gasteiger partial charge in [0.25, 0.3) is 0 Å². The summed E-state index contributed by atoms with van der Waals surface area (Å²) >= 11 is 3.33. The Balaban J connectivity index is 1.95. The van der Waals surface area contributed by atoms with Crippen molar-refractivity contribution in [3.8, 4) is 11.5 Å². The third kappa shape index (κ3) is 2.14. The van der Waals surface area contributed by atoms with Gasteiger partial charge in [0.15, 0.2) is 11.5 Å². The van der Waals surface area contributed by atoms with E-state index in [-0.39, 0.29) is 18.3 Å². The van der Waals surface area contributed by atoms with Crippen LogP contribution in [0.2, 0.25) is 0 Å². The molecular formula is C13H9BrO6. The lowest BCUT2D eigenvalue weighted by atomic mass is 10.1. The van der Waals surface area contributed by atoms with Gasteiger partial charge in [0.1, 0.15) is 11.9 Å². The van der Waals surface area contributed by atoms with Crippen molar-refractivity contribution in [2.75, 3.05) is 6.79 Å². The van der Waals surface area contributed by atoms with Crippen LogP contribution >= 0.6 is 15.9 Å². The highest BCUT2D eigenvalue weighted by atomic mass is 79.9. The fourth-order valence-corrected chi connectivity index (χ4v) is 2.50. The highest BCUT2D eigenvalue weighted by Crippen LogP contribution is 2.42. The van der Waals surface area contributed by atoms with Crippen molar-refractivity contribution in [3.05, 3.63) is 45.8 Å². The molecular weight excluding hydrogens is 332 g/mol. The van der Waals surface area contributed by atoms with Crippen molar-refractivity contribution in [3.63, 3.8) is 0 Å². The van der Waals surface area contributed by atoms with Crippen LogP contribution in [0.25, 0.3) is 0 Å². The molecule has 7 heteroatoms. The second-order valence-electron chi connectivity index (χ2n) is 4.15. The average molecular weight is 341 g/mol. The predicted molar refractivity (Wildman–Crippen MR) is 70.0 cm³/mol. The van der Waals surface area contributed by atoms with Crippen molar-refractivity contribution in [2.45, 2.75) is 6.10 Å². The molecule has 1 aromatic carbocycles. The molecule has 0 saturated carbocycles. The number of aliphatic hydroxyl groups excluding tert-OH is 1. The molecule has 0 bridgehead atoms. The summed E-state index contributed by atoms with van der Waals surface area (Å²) in [5.74, 6) is -0.174. The van der Waals surface area contributed by atoms with Crippen LogP contribution < -0.4 is 9.47 Å². The zero-order valence-corrected chi connectivity index (χ0v) is 11.6. The molecule has 0 fully saturated rings. The number of hydrogen-bond donors (Lipinski definition) is 2. The molecule has 20 heavy (non-hydrogen) atoms. The molecule has 0 radical (unpaired) electrons. The Bertz CT molecular complexity index is 677. The number of halogens is 1. The third-order valence-corrected chi connectivity index (χ3v) is 3.46. The summed E-state index contributed by atoms with van der Waals surface area (Å²) in [6.45, 7) is 0.122. The van der Waals surface area contributed by atoms with Crippen LogP contribution in [0.15, 0.2) is 33.2 Å². The molecule has 1 aliphatic rings. The SMILES string of the molecule is O=C(O)c1ccc(C(O)c2cc(Br)c3c(c2)OCO3)o1. The maximum absolute atomic E-state index is 10.8. The molecule has 6 nitrogen and oxygen atoms in total. The van der Waals surface area contributed by atoms with E-state index in [0.29, 0.717) is 21.5 Å². The molecule has 104 valence electrons. The smallest absolute Gasteiger partial charge is 0.371 e. The number of benzene rings is 1. The van der Waals surface area contributed by atoms with Gasteiger partial charge >= 0.3 is 5.97 Å². The Hall–Kier alpha value is -1.99. The van der Waals surface area contributed by atoms with Gasteiger partial charge in [0.2, 0.25) is 12.6 Å². The largest absolute Gasteiger partial charge is 0.475 e. The minimum absolute atomic E-state index is 0.122. The number of fused-ring (bicyclic) bond motifs is 1. The number of carboxylic acid groups (broad SMARTS) is 1. The first-order valence-corrected chi connectivity index (χ1v) is 6.45. The number of aliphatic hydroxyl groups is 1. The maximum atomic E-state index is 10.8. The lowest BCUT2D eigenvalue weighted by Gasteiger charge is -2.10. The fraction of sp³-hybridized carbons (Fsp3) is 0.154. The van der Waals surface area contributed by atoms with Gasteiger partial charge in [0.05, 0.1) is 4.47 Å². The summed E-state index contributed by atoms with van der Waals surface area (Å²) in [5.41, 5.74) is 0.507. The second kappa shape index (κ2) is 4.84. The zero-order chi connectivity index (χ0) is 14.3. The van der Waals surface area contributed by atoms with E-state index in [1.54, 1.807) is 12.1 Å². The van der Waals surface area contributed by atoms with Gasteiger partial charge in [-0.15, -0.1) is 0 Å². The van der Waals surface area contributed by atoms with Crippen molar-refractivity contribution in [1.29, 1.82) is 0 Å². The zero-order valence-electron chi connectivity index (χ0n) is 10.00. The number of hydrogen-bond acceptors (Lipinski definition) is 5. The summed E-state index contributed by atoms with van der Waals surface area (Å²) in [6.07, 6.45) is -1.09. The number of aromatic carboxylic acids is 1. The Labute approximate surface area is 121 Å². The van der Waals surface area contributed by atoms with Gasteiger partial charge in [-0.1, -0.05) is 0 Å². The number of carbonyl (C=O) groups is 1. The quantitative estimate of drug-likeness (QED) is 0.892. The molecule has 0 amide bonds. The number of ether oxygens (including phenoxy) is 2. The van der Waals surface area contributed by atoms with E-state index in [1.807, 2.05) is 0 Å². The number of rotatable bonds is 3. The molecule has 2 heterocycles. The lowest BCUT2D eigenvalue weighted by molar-refractivity contribution is 0.0655. The average Bonchev–Trinajstić information content (AvgIpc) is 3.06. The second-order valence-corrected chi connectivity index (χ2v) is 5.00. The van der Waals surface area contributed by atoms with Crippen molar-refractivity contribution in [2.24, 2.45) is 0 Å². The molecule has 1 aliphatic heterocycles. The molecule has 0 aliphatic carbocycles. The summed E-state index contributed by atoms with van der Waals surface area (Å²) in [5, 5.41) is 19.0. The maximum Gasteiger partial charge on any atom is 0.371 e. The van der Waals surface area contributed by atoms with E-state index >= 15 is 0 Å². The molecule has 2 N–H and O–H groups in total. The van der Waals surface area contributed by atoms with Crippen LogP contribution in [0, 0.1) is 0 Å². The summed E-state index contributed by atoms with van der Waals surface area (Å²) < 4.78 is 16.2. The number of carboxylic acids is 1. The van der Waals surface area contributed by atoms with Crippen LogP contribution in [0.1, 0.15) is 28.0 Å². The first-order valence-electron chi connectivity index (χ1n) is 5.66. The fourth-order valence-electron chi connectivity index (χ4n) is 1.92. The van der Waals surface area contributed by atoms with E-state index in [4.69, 9.17) is 19.0 Å². The van der Waals surface area contributed by atoms with E-state index < -0.39 is 12.1 Å². The van der Waals surface area contributed by atoms with Crippen LogP contribution in [-0.2, 0) is 0 Å². The highest BCUT2D eigenvalue weighted by Gasteiger charge is 2.23. The molecule has 3 rings (SSSR count). The van der Waals surface area contributed by atoms with Gasteiger partial charge < -0.3 is 24.1 Å². The number of furan rings is 1. The normalized spacial score (nSPS) is 14.3. The Kier molecular flexibility index (Phi) is 3.15. The van der Waals surface area contributed by atoms with Crippen molar-refractivity contribution in [1.82, 2.24) is 0 Å². The topological polar surface area (TPSA) is 89.1 Å². The van der Waals surface area contributed by atoms with Gasteiger partial charge in [0, 0.05) is 0 Å². The molecule has 0 saturated heterocycles. The van der Waals surface area contributed by atoms with E-state index in [2.05, 4.69) is 15.9 Å². The first-order chi connectivity index (χ1) is 9.56. The summed E-state index contributed by atoms with van der Waals surface area (Å²) in [6, 6.07) is 6.01. The van der Waals surface area contributed by atoms with Gasteiger partial charge in [-0.05, 0) is 45.8 Å². The van der Waals surface area contributed by atoms with Crippen molar-refractivity contribution < 1.29 is 28.9 Å². The third-order valence-electron chi connectivity index (χ3n) is 2.87. The predicted octanol–water partition coefficient (Wildman–Crippen LogP) is 2.55. The van der Waals surface area contributed by atoms with Crippen LogP contribution in [0.5, 0.6) is 11.5 Å². The van der Waals surface area contributed by atoms with Crippen LogP contribution in [-0.4, -0.2) is 23.0 Å². The highest BCUT2D eigenvalue weighted by molar-refractivity contribution is 9.10. The molecule has 1 atom stereocenters. The van der Waals surface area contributed by atoms with Crippen LogP contribution in [0.4, 0.5) is 0 Å². The van der Waals surface area contributed by atoms with Gasteiger partial charge in [-0.3, -0.25) is 0 Å². The Morgan fingerprint density at radius 1 is 1.30 bits per heavy atom. The lowest BCUT2D eigenvalue weighted by Crippen LogP contribution is -1.99. The summed E-state index contributed by atoms with van der Waals surface area (Å²) in [4.78, 5) is 10.8. The van der Waals surface area contributed by atoms with E-state index in [9.17, 15) is 9.90 Å². The van der Waals surface area contributed by atoms with E-state index in [1.165, 1.54) is 12.1 Å². The molecule has 0 spiro atoms. The molecule has 2 aromatic rings. The Morgan fingerprint density at radius 2 is 2.10 bits per heavy atom. The Morgan fingerprint density at radius 3 is 2.80 bits per heavy atom. The van der Waals surface area contributed by atoms with Gasteiger partial charge in [-0.2, -0.15) is 0 Å². The minimum Gasteiger partial charge on any atom is -0.475 e. The monoisotopic (exact) mass is 340 g/mol. The van der Waals surface area contributed by atoms with Gasteiger partial charge in [-0.25, -0.2) is 4.79 Å². The standard InChI is InChI=1S/C13H9BrO6/c14-7-3-6(4-10-12(7)19-5-18-10)11(15)8-1-2-9(20-8)13(16)17/h1-4,11,15H,5H2,(H,16,17).